The molecule has 408 valence electrons. The zero-order chi connectivity index (χ0) is 52.9. The Morgan fingerprint density at radius 3 is 1.08 bits per heavy atom. The van der Waals surface area contributed by atoms with Crippen LogP contribution in [0, 0.1) is 0 Å². The Bertz CT molecular complexity index is 1670. The maximum atomic E-state index is 12.9. The summed E-state index contributed by atoms with van der Waals surface area (Å²) in [5, 5.41) is 0. The molecule has 0 saturated carbocycles. The fourth-order valence-electron chi connectivity index (χ4n) is 7.31. The fourth-order valence-corrected chi connectivity index (χ4v) is 7.31. The second kappa shape index (κ2) is 59.6. The molecule has 0 heterocycles. The van der Waals surface area contributed by atoms with E-state index < -0.39 is 6.10 Å². The van der Waals surface area contributed by atoms with E-state index in [4.69, 9.17) is 14.2 Å². The molecule has 0 radical (unpaired) electrons. The molecular formula is C67H104O6. The molecule has 1 atom stereocenters. The fraction of sp³-hybridized carbons (Fsp3) is 0.567. The number of unbranched alkanes of at least 4 members (excludes halogenated alkanes) is 18. The standard InChI is InChI=1S/C67H104O6/c1-4-7-10-13-16-19-22-25-28-31-34-37-39-42-45-48-51-54-57-60-66(69)72-63-64(73-67(70)61-58-55-52-49-46-43-40-36-33-30-27-24-21-18-15-12-9-6-3)62-71-65(68)59-56-53-50-47-44-41-38-35-32-29-26-23-20-17-14-11-8-5-2/h7,10,12,15-16,18-19,21,24-25,27-30,32-38,40,42,45,51,54,64H,4-6,8-9,11,13-14,17,20,22-23,26,31,39,41,43-44,46-50,52-53,55-63H2,1-3H3/b10-7-,15-12-,19-16-,21-18-,27-24-,28-25-,32-29-,33-30-,37-34-,38-35-,40-36-,45-42-,54-51-. The maximum Gasteiger partial charge on any atom is 0.306 e. The zero-order valence-electron chi connectivity index (χ0n) is 46.6. The maximum absolute atomic E-state index is 12.9. The van der Waals surface area contributed by atoms with E-state index in [1.165, 1.54) is 57.8 Å². The van der Waals surface area contributed by atoms with E-state index in [2.05, 4.69) is 130 Å². The molecule has 0 aromatic carbocycles. The molecule has 6 heteroatoms. The highest BCUT2D eigenvalue weighted by atomic mass is 16.6. The number of hydrogen-bond acceptors (Lipinski definition) is 6. The summed E-state index contributed by atoms with van der Waals surface area (Å²) in [6.45, 7) is 6.32. The molecule has 0 saturated heterocycles. The minimum atomic E-state index is -0.838. The number of rotatable bonds is 50. The van der Waals surface area contributed by atoms with Crippen molar-refractivity contribution < 1.29 is 28.6 Å². The van der Waals surface area contributed by atoms with Crippen LogP contribution in [0.2, 0.25) is 0 Å². The van der Waals surface area contributed by atoms with Gasteiger partial charge in [0.2, 0.25) is 0 Å². The molecule has 0 aromatic rings. The molecule has 0 aliphatic rings. The van der Waals surface area contributed by atoms with Gasteiger partial charge in [0.25, 0.3) is 0 Å². The van der Waals surface area contributed by atoms with E-state index in [0.717, 1.165) is 122 Å². The molecule has 0 aliphatic heterocycles. The average Bonchev–Trinajstić information content (AvgIpc) is 3.39. The van der Waals surface area contributed by atoms with E-state index in [1.54, 1.807) is 0 Å². The highest BCUT2D eigenvalue weighted by Crippen LogP contribution is 2.13. The van der Waals surface area contributed by atoms with Crippen LogP contribution >= 0.6 is 0 Å². The van der Waals surface area contributed by atoms with Gasteiger partial charge >= 0.3 is 17.9 Å². The first-order valence-electron chi connectivity index (χ1n) is 29.1. The van der Waals surface area contributed by atoms with Crippen molar-refractivity contribution in [2.75, 3.05) is 13.2 Å². The van der Waals surface area contributed by atoms with Crippen LogP contribution in [-0.2, 0) is 28.6 Å². The lowest BCUT2D eigenvalue weighted by atomic mass is 10.1. The predicted octanol–water partition coefficient (Wildman–Crippen LogP) is 19.8. The van der Waals surface area contributed by atoms with Crippen LogP contribution < -0.4 is 0 Å². The van der Waals surface area contributed by atoms with Gasteiger partial charge in [-0.25, -0.2) is 0 Å². The largest absolute Gasteiger partial charge is 0.462 e. The number of carbonyl (C=O) groups excluding carboxylic acids is 3. The van der Waals surface area contributed by atoms with Crippen LogP contribution in [-0.4, -0.2) is 37.2 Å². The highest BCUT2D eigenvalue weighted by Gasteiger charge is 2.19. The third-order valence-electron chi connectivity index (χ3n) is 11.6. The molecule has 1 unspecified atom stereocenters. The summed E-state index contributed by atoms with van der Waals surface area (Å²) in [7, 11) is 0. The number of esters is 3. The Hall–Kier alpha value is -4.97. The lowest BCUT2D eigenvalue weighted by Gasteiger charge is -2.18. The van der Waals surface area contributed by atoms with Crippen LogP contribution in [0.15, 0.2) is 158 Å². The van der Waals surface area contributed by atoms with Gasteiger partial charge in [-0.15, -0.1) is 0 Å². The molecule has 0 fully saturated rings. The van der Waals surface area contributed by atoms with Crippen LogP contribution in [0.25, 0.3) is 0 Å². The Balaban J connectivity index is 4.62. The van der Waals surface area contributed by atoms with Crippen LogP contribution in [0.3, 0.4) is 0 Å². The highest BCUT2D eigenvalue weighted by molar-refractivity contribution is 5.71. The van der Waals surface area contributed by atoms with Crippen molar-refractivity contribution in [3.05, 3.63) is 158 Å². The minimum Gasteiger partial charge on any atom is -0.462 e. The lowest BCUT2D eigenvalue weighted by Crippen LogP contribution is -2.30. The van der Waals surface area contributed by atoms with Gasteiger partial charge in [0.1, 0.15) is 13.2 Å². The van der Waals surface area contributed by atoms with Crippen molar-refractivity contribution in [1.82, 2.24) is 0 Å². The normalized spacial score (nSPS) is 13.3. The van der Waals surface area contributed by atoms with Gasteiger partial charge in [-0.2, -0.15) is 0 Å². The Labute approximate surface area is 448 Å². The Morgan fingerprint density at radius 1 is 0.301 bits per heavy atom. The smallest absolute Gasteiger partial charge is 0.306 e. The van der Waals surface area contributed by atoms with Crippen LogP contribution in [0.5, 0.6) is 0 Å². The molecule has 73 heavy (non-hydrogen) atoms. The number of carbonyl (C=O) groups is 3. The molecule has 0 bridgehead atoms. The van der Waals surface area contributed by atoms with E-state index in [9.17, 15) is 14.4 Å². The van der Waals surface area contributed by atoms with Crippen molar-refractivity contribution in [3.8, 4) is 0 Å². The summed E-state index contributed by atoms with van der Waals surface area (Å²) < 4.78 is 16.8. The summed E-state index contributed by atoms with van der Waals surface area (Å²) in [5.41, 5.74) is 0. The van der Waals surface area contributed by atoms with Gasteiger partial charge < -0.3 is 14.2 Å². The summed E-state index contributed by atoms with van der Waals surface area (Å²) in [6, 6.07) is 0. The van der Waals surface area contributed by atoms with Crippen molar-refractivity contribution in [3.63, 3.8) is 0 Å². The van der Waals surface area contributed by atoms with Crippen molar-refractivity contribution >= 4 is 17.9 Å². The van der Waals surface area contributed by atoms with Crippen LogP contribution in [0.4, 0.5) is 0 Å². The van der Waals surface area contributed by atoms with Gasteiger partial charge in [-0.05, 0) is 103 Å². The topological polar surface area (TPSA) is 78.9 Å². The number of ether oxygens (including phenoxy) is 3. The first-order valence-corrected chi connectivity index (χ1v) is 29.1. The van der Waals surface area contributed by atoms with Crippen molar-refractivity contribution in [2.24, 2.45) is 0 Å². The Morgan fingerprint density at radius 2 is 0.644 bits per heavy atom. The number of hydrogen-bond donors (Lipinski definition) is 0. The number of allylic oxidation sites excluding steroid dienone is 26. The van der Waals surface area contributed by atoms with E-state index >= 15 is 0 Å². The van der Waals surface area contributed by atoms with Gasteiger partial charge in [0, 0.05) is 19.3 Å². The Kier molecular flexibility index (Phi) is 55.5. The molecule has 0 amide bonds. The quantitative estimate of drug-likeness (QED) is 0.0199. The van der Waals surface area contributed by atoms with Crippen LogP contribution in [0.1, 0.15) is 226 Å². The molecule has 0 rings (SSSR count). The summed E-state index contributed by atoms with van der Waals surface area (Å²) in [4.78, 5) is 38.2. The first kappa shape index (κ1) is 68.0. The second-order valence-corrected chi connectivity index (χ2v) is 18.6. The van der Waals surface area contributed by atoms with E-state index in [1.807, 2.05) is 48.6 Å². The third-order valence-corrected chi connectivity index (χ3v) is 11.6. The van der Waals surface area contributed by atoms with Gasteiger partial charge in [0.05, 0.1) is 0 Å². The van der Waals surface area contributed by atoms with Gasteiger partial charge in [0.15, 0.2) is 6.10 Å². The molecule has 6 nitrogen and oxygen atoms in total. The first-order chi connectivity index (χ1) is 36.0. The molecule has 0 aromatic heterocycles. The summed E-state index contributed by atoms with van der Waals surface area (Å²) in [6.07, 6.45) is 86.6. The lowest BCUT2D eigenvalue weighted by molar-refractivity contribution is -0.166. The van der Waals surface area contributed by atoms with Gasteiger partial charge in [-0.1, -0.05) is 262 Å². The third kappa shape index (κ3) is 57.8. The molecule has 0 aliphatic carbocycles. The zero-order valence-corrected chi connectivity index (χ0v) is 46.6. The van der Waals surface area contributed by atoms with Crippen molar-refractivity contribution in [2.45, 2.75) is 232 Å². The van der Waals surface area contributed by atoms with E-state index in [0.29, 0.717) is 12.8 Å². The monoisotopic (exact) mass is 1000 g/mol. The van der Waals surface area contributed by atoms with Gasteiger partial charge in [-0.3, -0.25) is 14.4 Å². The SMILES string of the molecule is CC/C=C\C/C=C\C/C=C\C/C=C\C/C=C\C/C=C\CCC(=O)OCC(COC(=O)CCCCCCC/C=C\C=C/CCCCCCCCC)OC(=O)CCCCCCC\C=C/C=C\C=C/C=C\C=C/CCC. The second-order valence-electron chi connectivity index (χ2n) is 18.6. The molecular weight excluding hydrogens is 901 g/mol. The summed E-state index contributed by atoms with van der Waals surface area (Å²) >= 11 is 0. The molecule has 0 spiro atoms. The van der Waals surface area contributed by atoms with E-state index in [-0.39, 0.29) is 44.0 Å². The summed E-state index contributed by atoms with van der Waals surface area (Å²) in [5.74, 6) is -1.06. The predicted molar refractivity (Wildman–Crippen MR) is 315 cm³/mol. The minimum absolute atomic E-state index is 0.127. The molecule has 0 N–H and O–H groups in total. The van der Waals surface area contributed by atoms with Crippen molar-refractivity contribution in [1.29, 1.82) is 0 Å². The average molecular weight is 1010 g/mol.